The van der Waals surface area contributed by atoms with Crippen LogP contribution in [0.5, 0.6) is 0 Å². The van der Waals surface area contributed by atoms with Crippen LogP contribution in [-0.4, -0.2) is 31.8 Å². The van der Waals surface area contributed by atoms with Crippen molar-refractivity contribution in [3.8, 4) is 0 Å². The summed E-state index contributed by atoms with van der Waals surface area (Å²) in [6.45, 7) is 2.40. The van der Waals surface area contributed by atoms with Gasteiger partial charge in [-0.05, 0) is 40.8 Å². The van der Waals surface area contributed by atoms with E-state index >= 15 is 0 Å². The molecule has 1 unspecified atom stereocenters. The highest BCUT2D eigenvalue weighted by atomic mass is 79.9. The Morgan fingerprint density at radius 3 is 3.12 bits per heavy atom. The van der Waals surface area contributed by atoms with Crippen molar-refractivity contribution in [1.29, 1.82) is 0 Å². The molecule has 1 aliphatic heterocycles. The maximum atomic E-state index is 13.7. The highest BCUT2D eigenvalue weighted by Gasteiger charge is 2.18. The van der Waals surface area contributed by atoms with Crippen molar-refractivity contribution in [3.05, 3.63) is 22.6 Å². The lowest BCUT2D eigenvalue weighted by Crippen LogP contribution is -2.31. The summed E-state index contributed by atoms with van der Waals surface area (Å²) >= 11 is 3.20. The fourth-order valence-corrected chi connectivity index (χ4v) is 2.42. The molecule has 0 spiro atoms. The minimum Gasteiger partial charge on any atom is -0.381 e. The Bertz CT molecular complexity index is 383. The van der Waals surface area contributed by atoms with Gasteiger partial charge >= 0.3 is 0 Å². The van der Waals surface area contributed by atoms with Crippen LogP contribution in [0.25, 0.3) is 0 Å². The third-order valence-corrected chi connectivity index (χ3v) is 3.37. The quantitative estimate of drug-likeness (QED) is 0.858. The standard InChI is InChI=1S/C12H16BrFN2O/c1-16(7-9-3-2-4-17-8-9)12-11(14)5-10(13)6-15-12/h5-6,9H,2-4,7-8H2,1H3. The fraction of sp³-hybridized carbons (Fsp3) is 0.583. The second-order valence-corrected chi connectivity index (χ2v) is 5.34. The molecule has 0 N–H and O–H groups in total. The van der Waals surface area contributed by atoms with Gasteiger partial charge in [-0.25, -0.2) is 9.37 Å². The van der Waals surface area contributed by atoms with E-state index in [9.17, 15) is 4.39 Å². The molecule has 17 heavy (non-hydrogen) atoms. The van der Waals surface area contributed by atoms with Crippen LogP contribution in [0, 0.1) is 11.7 Å². The molecule has 1 aliphatic rings. The fourth-order valence-electron chi connectivity index (χ4n) is 2.11. The van der Waals surface area contributed by atoms with E-state index in [1.54, 1.807) is 6.20 Å². The highest BCUT2D eigenvalue weighted by Crippen LogP contribution is 2.21. The topological polar surface area (TPSA) is 25.4 Å². The molecular weight excluding hydrogens is 287 g/mol. The number of ether oxygens (including phenoxy) is 1. The molecule has 2 heterocycles. The molecule has 0 amide bonds. The van der Waals surface area contributed by atoms with E-state index in [-0.39, 0.29) is 5.82 Å². The lowest BCUT2D eigenvalue weighted by Gasteiger charge is -2.27. The lowest BCUT2D eigenvalue weighted by atomic mass is 10.0. The Kier molecular flexibility index (Phi) is 4.34. The Hall–Kier alpha value is -0.680. The molecule has 0 radical (unpaired) electrons. The van der Waals surface area contributed by atoms with Gasteiger partial charge in [0, 0.05) is 30.9 Å². The molecular formula is C12H16BrFN2O. The van der Waals surface area contributed by atoms with Crippen LogP contribution in [0.4, 0.5) is 10.2 Å². The maximum Gasteiger partial charge on any atom is 0.166 e. The average Bonchev–Trinajstić information content (AvgIpc) is 2.30. The Morgan fingerprint density at radius 2 is 2.47 bits per heavy atom. The normalized spacial score (nSPS) is 20.3. The van der Waals surface area contributed by atoms with Crippen molar-refractivity contribution in [2.45, 2.75) is 12.8 Å². The van der Waals surface area contributed by atoms with E-state index in [1.807, 2.05) is 11.9 Å². The number of pyridine rings is 1. The number of aromatic nitrogens is 1. The zero-order chi connectivity index (χ0) is 12.3. The van der Waals surface area contributed by atoms with E-state index in [1.165, 1.54) is 6.07 Å². The van der Waals surface area contributed by atoms with E-state index < -0.39 is 0 Å². The van der Waals surface area contributed by atoms with Gasteiger partial charge in [-0.15, -0.1) is 0 Å². The summed E-state index contributed by atoms with van der Waals surface area (Å²) in [7, 11) is 1.87. The predicted octanol–water partition coefficient (Wildman–Crippen LogP) is 2.85. The van der Waals surface area contributed by atoms with Crippen LogP contribution < -0.4 is 4.90 Å². The van der Waals surface area contributed by atoms with Crippen LogP contribution in [0.2, 0.25) is 0 Å². The Morgan fingerprint density at radius 1 is 1.65 bits per heavy atom. The van der Waals surface area contributed by atoms with Gasteiger partial charge in [-0.3, -0.25) is 0 Å². The third kappa shape index (κ3) is 3.39. The lowest BCUT2D eigenvalue weighted by molar-refractivity contribution is 0.0575. The van der Waals surface area contributed by atoms with E-state index in [4.69, 9.17) is 4.74 Å². The first-order chi connectivity index (χ1) is 8.16. The summed E-state index contributed by atoms with van der Waals surface area (Å²) in [4.78, 5) is 5.97. The zero-order valence-electron chi connectivity index (χ0n) is 9.83. The van der Waals surface area contributed by atoms with Crippen molar-refractivity contribution >= 4 is 21.7 Å². The number of hydrogen-bond acceptors (Lipinski definition) is 3. The largest absolute Gasteiger partial charge is 0.381 e. The summed E-state index contributed by atoms with van der Waals surface area (Å²) in [5, 5.41) is 0. The molecule has 2 rings (SSSR count). The van der Waals surface area contributed by atoms with Crippen molar-refractivity contribution in [3.63, 3.8) is 0 Å². The number of nitrogens with zero attached hydrogens (tertiary/aromatic N) is 2. The molecule has 1 aromatic heterocycles. The average molecular weight is 303 g/mol. The molecule has 0 saturated carbocycles. The first kappa shape index (κ1) is 12.8. The van der Waals surface area contributed by atoms with Gasteiger partial charge in [0.05, 0.1) is 6.61 Å². The molecule has 5 heteroatoms. The van der Waals surface area contributed by atoms with Gasteiger partial charge in [-0.1, -0.05) is 0 Å². The van der Waals surface area contributed by atoms with Crippen molar-refractivity contribution in [2.24, 2.45) is 5.92 Å². The molecule has 1 atom stereocenters. The van der Waals surface area contributed by atoms with Crippen molar-refractivity contribution in [1.82, 2.24) is 4.98 Å². The summed E-state index contributed by atoms with van der Waals surface area (Å²) in [5.74, 6) is 0.580. The zero-order valence-corrected chi connectivity index (χ0v) is 11.4. The van der Waals surface area contributed by atoms with E-state index in [0.29, 0.717) is 16.2 Å². The first-order valence-corrected chi connectivity index (χ1v) is 6.56. The molecule has 3 nitrogen and oxygen atoms in total. The minimum absolute atomic E-state index is 0.293. The number of anilines is 1. The summed E-state index contributed by atoms with van der Waals surface area (Å²) in [5.41, 5.74) is 0. The second kappa shape index (κ2) is 5.78. The van der Waals surface area contributed by atoms with Crippen molar-refractivity contribution < 1.29 is 9.13 Å². The van der Waals surface area contributed by atoms with Gasteiger partial charge in [0.2, 0.25) is 0 Å². The molecule has 0 aliphatic carbocycles. The SMILES string of the molecule is CN(CC1CCCOC1)c1ncc(Br)cc1F. The monoisotopic (exact) mass is 302 g/mol. The molecule has 1 saturated heterocycles. The number of hydrogen-bond donors (Lipinski definition) is 0. The van der Waals surface area contributed by atoms with Crippen LogP contribution >= 0.6 is 15.9 Å². The maximum absolute atomic E-state index is 13.7. The smallest absolute Gasteiger partial charge is 0.166 e. The third-order valence-electron chi connectivity index (χ3n) is 2.94. The van der Waals surface area contributed by atoms with Crippen LogP contribution in [0.3, 0.4) is 0 Å². The Labute approximate surface area is 109 Å². The highest BCUT2D eigenvalue weighted by molar-refractivity contribution is 9.10. The second-order valence-electron chi connectivity index (χ2n) is 4.42. The van der Waals surface area contributed by atoms with Gasteiger partial charge in [0.25, 0.3) is 0 Å². The molecule has 1 aromatic rings. The molecule has 0 aromatic carbocycles. The van der Waals surface area contributed by atoms with Crippen LogP contribution in [-0.2, 0) is 4.74 Å². The predicted molar refractivity (Wildman–Crippen MR) is 68.7 cm³/mol. The van der Waals surface area contributed by atoms with Gasteiger partial charge in [0.1, 0.15) is 0 Å². The van der Waals surface area contributed by atoms with Gasteiger partial charge in [-0.2, -0.15) is 0 Å². The summed E-state index contributed by atoms with van der Waals surface area (Å²) < 4.78 is 19.8. The molecule has 0 bridgehead atoms. The first-order valence-electron chi connectivity index (χ1n) is 5.76. The van der Waals surface area contributed by atoms with E-state index in [0.717, 1.165) is 32.6 Å². The van der Waals surface area contributed by atoms with Gasteiger partial charge < -0.3 is 9.64 Å². The van der Waals surface area contributed by atoms with Crippen molar-refractivity contribution in [2.75, 3.05) is 31.7 Å². The summed E-state index contributed by atoms with van der Waals surface area (Å²) in [6.07, 6.45) is 3.85. The minimum atomic E-state index is -0.293. The van der Waals surface area contributed by atoms with E-state index in [2.05, 4.69) is 20.9 Å². The number of rotatable bonds is 3. The van der Waals surface area contributed by atoms with Crippen LogP contribution in [0.15, 0.2) is 16.7 Å². The van der Waals surface area contributed by atoms with Gasteiger partial charge in [0.15, 0.2) is 11.6 Å². The van der Waals surface area contributed by atoms with Crippen LogP contribution in [0.1, 0.15) is 12.8 Å². The molecule has 94 valence electrons. The molecule has 1 fully saturated rings. The number of halogens is 2. The Balaban J connectivity index is 2.00. The summed E-state index contributed by atoms with van der Waals surface area (Å²) in [6, 6.07) is 1.44.